The van der Waals surface area contributed by atoms with Crippen molar-refractivity contribution >= 4 is 0 Å². The lowest BCUT2D eigenvalue weighted by Gasteiger charge is -2.50. The number of aliphatic hydroxyl groups excluding tert-OH is 1. The Morgan fingerprint density at radius 1 is 1.31 bits per heavy atom. The Hall–Kier alpha value is -0.0800. The molecule has 2 rings (SSSR count). The number of rotatable bonds is 4. The monoisotopic (exact) mass is 225 g/mol. The van der Waals surface area contributed by atoms with Crippen molar-refractivity contribution in [1.29, 1.82) is 0 Å². The van der Waals surface area contributed by atoms with Gasteiger partial charge in [0.1, 0.15) is 0 Å². The predicted octanol–water partition coefficient (Wildman–Crippen LogP) is 2.56. The van der Waals surface area contributed by atoms with Gasteiger partial charge >= 0.3 is 0 Å². The number of fused-ring (bicyclic) bond motifs is 2. The average Bonchev–Trinajstić information content (AvgIpc) is 2.30. The lowest BCUT2D eigenvalue weighted by molar-refractivity contribution is 0.00408. The average molecular weight is 225 g/mol. The topological polar surface area (TPSA) is 32.3 Å². The van der Waals surface area contributed by atoms with Crippen LogP contribution in [0.25, 0.3) is 0 Å². The molecule has 2 aliphatic rings. The van der Waals surface area contributed by atoms with Gasteiger partial charge in [-0.2, -0.15) is 0 Å². The summed E-state index contributed by atoms with van der Waals surface area (Å²) >= 11 is 0. The molecule has 0 amide bonds. The molecule has 0 aliphatic heterocycles. The Morgan fingerprint density at radius 2 is 1.94 bits per heavy atom. The van der Waals surface area contributed by atoms with Crippen LogP contribution < -0.4 is 5.32 Å². The Bertz CT molecular complexity index is 213. The van der Waals surface area contributed by atoms with Crippen molar-refractivity contribution in [2.24, 2.45) is 17.3 Å². The van der Waals surface area contributed by atoms with E-state index in [4.69, 9.17) is 0 Å². The zero-order valence-corrected chi connectivity index (χ0v) is 10.8. The lowest BCUT2D eigenvalue weighted by atomic mass is 9.57. The molecule has 0 radical (unpaired) electrons. The molecule has 2 nitrogen and oxygen atoms in total. The van der Waals surface area contributed by atoms with E-state index in [-0.39, 0.29) is 0 Å². The molecular weight excluding hydrogens is 198 g/mol. The summed E-state index contributed by atoms with van der Waals surface area (Å²) in [6.07, 6.45) is 9.66. The third kappa shape index (κ3) is 2.14. The highest BCUT2D eigenvalue weighted by atomic mass is 16.3. The van der Waals surface area contributed by atoms with Gasteiger partial charge in [-0.3, -0.25) is 0 Å². The van der Waals surface area contributed by atoms with Crippen LogP contribution in [0.2, 0.25) is 0 Å². The van der Waals surface area contributed by atoms with Crippen molar-refractivity contribution in [2.75, 3.05) is 13.7 Å². The van der Waals surface area contributed by atoms with Crippen molar-refractivity contribution in [1.82, 2.24) is 5.32 Å². The number of hydrogen-bond donors (Lipinski definition) is 2. The maximum atomic E-state index is 9.58. The lowest BCUT2D eigenvalue weighted by Crippen LogP contribution is -2.50. The second-order valence-electron chi connectivity index (χ2n) is 6.05. The Balaban J connectivity index is 2.14. The fourth-order valence-electron chi connectivity index (χ4n) is 4.42. The van der Waals surface area contributed by atoms with E-state index in [0.717, 1.165) is 11.8 Å². The van der Waals surface area contributed by atoms with Crippen molar-refractivity contribution in [2.45, 2.75) is 57.9 Å². The van der Waals surface area contributed by atoms with Gasteiger partial charge < -0.3 is 10.4 Å². The van der Waals surface area contributed by atoms with Gasteiger partial charge in [0.25, 0.3) is 0 Å². The number of hydrogen-bond acceptors (Lipinski definition) is 2. The van der Waals surface area contributed by atoms with E-state index in [1.54, 1.807) is 0 Å². The van der Waals surface area contributed by atoms with Crippen LogP contribution >= 0.6 is 0 Å². The quantitative estimate of drug-likeness (QED) is 0.770. The molecule has 2 fully saturated rings. The van der Waals surface area contributed by atoms with E-state index in [0.29, 0.717) is 18.1 Å². The molecule has 94 valence electrons. The van der Waals surface area contributed by atoms with Gasteiger partial charge in [0.15, 0.2) is 0 Å². The molecule has 2 heteroatoms. The standard InChI is InChI=1S/C14H27NO/c1-3-14(13(10-16)15-2)8-11-5-4-6-12(7-11)9-14/h11-13,15-16H,3-10H2,1-2H3. The zero-order valence-electron chi connectivity index (χ0n) is 10.8. The van der Waals surface area contributed by atoms with E-state index in [2.05, 4.69) is 12.2 Å². The van der Waals surface area contributed by atoms with Crippen molar-refractivity contribution in [3.8, 4) is 0 Å². The summed E-state index contributed by atoms with van der Waals surface area (Å²) in [5.41, 5.74) is 0.373. The van der Waals surface area contributed by atoms with Crippen LogP contribution in [0.3, 0.4) is 0 Å². The van der Waals surface area contributed by atoms with Gasteiger partial charge in [-0.25, -0.2) is 0 Å². The Morgan fingerprint density at radius 3 is 2.38 bits per heavy atom. The SMILES string of the molecule is CCC1(C(CO)NC)CC2CCCC(C2)C1. The van der Waals surface area contributed by atoms with Crippen LogP contribution in [0, 0.1) is 17.3 Å². The summed E-state index contributed by atoms with van der Waals surface area (Å²) in [6, 6.07) is 0.306. The van der Waals surface area contributed by atoms with Crippen LogP contribution in [-0.2, 0) is 0 Å². The molecule has 2 N–H and O–H groups in total. The minimum atomic E-state index is 0.295. The van der Waals surface area contributed by atoms with Crippen LogP contribution in [0.1, 0.15) is 51.9 Å². The third-order valence-electron chi connectivity index (χ3n) is 5.26. The molecular formula is C14H27NO. The maximum Gasteiger partial charge on any atom is 0.0589 e. The van der Waals surface area contributed by atoms with Crippen molar-refractivity contribution in [3.63, 3.8) is 0 Å². The highest BCUT2D eigenvalue weighted by Crippen LogP contribution is 2.51. The molecule has 0 aromatic rings. The zero-order chi connectivity index (χ0) is 11.6. The summed E-state index contributed by atoms with van der Waals surface area (Å²) < 4.78 is 0. The van der Waals surface area contributed by atoms with E-state index in [9.17, 15) is 5.11 Å². The third-order valence-corrected chi connectivity index (χ3v) is 5.26. The van der Waals surface area contributed by atoms with E-state index in [1.807, 2.05) is 7.05 Å². The van der Waals surface area contributed by atoms with Gasteiger partial charge in [-0.05, 0) is 50.0 Å². The Labute approximate surface area is 99.8 Å². The molecule has 3 atom stereocenters. The summed E-state index contributed by atoms with van der Waals surface area (Å²) in [7, 11) is 2.00. The first kappa shape index (κ1) is 12.4. The second kappa shape index (κ2) is 5.05. The summed E-state index contributed by atoms with van der Waals surface area (Å²) in [4.78, 5) is 0. The van der Waals surface area contributed by atoms with Gasteiger partial charge in [-0.15, -0.1) is 0 Å². The smallest absolute Gasteiger partial charge is 0.0589 e. The number of aliphatic hydroxyl groups is 1. The molecule has 0 saturated heterocycles. The van der Waals surface area contributed by atoms with E-state index in [1.165, 1.54) is 44.9 Å². The number of likely N-dealkylation sites (N-methyl/N-ethyl adjacent to an activating group) is 1. The van der Waals surface area contributed by atoms with E-state index >= 15 is 0 Å². The van der Waals surface area contributed by atoms with Crippen LogP contribution in [0.5, 0.6) is 0 Å². The van der Waals surface area contributed by atoms with Crippen molar-refractivity contribution in [3.05, 3.63) is 0 Å². The van der Waals surface area contributed by atoms with Gasteiger partial charge in [0, 0.05) is 6.04 Å². The molecule has 16 heavy (non-hydrogen) atoms. The van der Waals surface area contributed by atoms with Crippen LogP contribution in [-0.4, -0.2) is 24.8 Å². The molecule has 2 aliphatic carbocycles. The summed E-state index contributed by atoms with van der Waals surface area (Å²) in [5, 5.41) is 12.9. The Kier molecular flexibility index (Phi) is 3.91. The minimum absolute atomic E-state index is 0.295. The molecule has 0 aromatic heterocycles. The maximum absolute atomic E-state index is 9.58. The molecule has 3 unspecified atom stereocenters. The molecule has 0 spiro atoms. The van der Waals surface area contributed by atoms with Gasteiger partial charge in [-0.1, -0.05) is 26.2 Å². The minimum Gasteiger partial charge on any atom is -0.395 e. The fourth-order valence-corrected chi connectivity index (χ4v) is 4.42. The molecule has 2 bridgehead atoms. The summed E-state index contributed by atoms with van der Waals surface area (Å²) in [6.45, 7) is 2.60. The normalized spacial score (nSPS) is 40.7. The second-order valence-corrected chi connectivity index (χ2v) is 6.05. The number of nitrogens with one attached hydrogen (secondary N) is 1. The molecule has 0 aromatic carbocycles. The molecule has 2 saturated carbocycles. The van der Waals surface area contributed by atoms with Crippen LogP contribution in [0.4, 0.5) is 0 Å². The first-order chi connectivity index (χ1) is 7.74. The predicted molar refractivity (Wildman–Crippen MR) is 67.3 cm³/mol. The van der Waals surface area contributed by atoms with Gasteiger partial charge in [0.05, 0.1) is 6.61 Å². The summed E-state index contributed by atoms with van der Waals surface area (Å²) in [5.74, 6) is 1.88. The highest BCUT2D eigenvalue weighted by Gasteiger charge is 2.44. The highest BCUT2D eigenvalue weighted by molar-refractivity contribution is 4.98. The van der Waals surface area contributed by atoms with Gasteiger partial charge in [0.2, 0.25) is 0 Å². The molecule has 0 heterocycles. The van der Waals surface area contributed by atoms with Crippen molar-refractivity contribution < 1.29 is 5.11 Å². The fraction of sp³-hybridized carbons (Fsp3) is 1.00. The largest absolute Gasteiger partial charge is 0.395 e. The van der Waals surface area contributed by atoms with Crippen LogP contribution in [0.15, 0.2) is 0 Å². The first-order valence-electron chi connectivity index (χ1n) is 7.02. The van der Waals surface area contributed by atoms with E-state index < -0.39 is 0 Å². The first-order valence-corrected chi connectivity index (χ1v) is 7.02.